The number of aliphatic imine (C=N–C) groups is 1. The molecule has 1 aromatic carbocycles. The van der Waals surface area contributed by atoms with Crippen molar-refractivity contribution < 1.29 is 0 Å². The van der Waals surface area contributed by atoms with E-state index in [2.05, 4.69) is 53.7 Å². The molecule has 0 aliphatic carbocycles. The summed E-state index contributed by atoms with van der Waals surface area (Å²) in [4.78, 5) is 10.3. The number of thioether (sulfide) groups is 1. The Balaban J connectivity index is 1.79. The fourth-order valence-electron chi connectivity index (χ4n) is 2.19. The number of guanidine groups is 1. The van der Waals surface area contributed by atoms with Crippen LogP contribution in [0.2, 0.25) is 0 Å². The van der Waals surface area contributed by atoms with Crippen LogP contribution in [0.4, 0.5) is 0 Å². The Morgan fingerprint density at radius 3 is 2.62 bits per heavy atom. The van der Waals surface area contributed by atoms with Crippen molar-refractivity contribution in [3.63, 3.8) is 0 Å². The summed E-state index contributed by atoms with van der Waals surface area (Å²) in [6.07, 6.45) is 2.72. The van der Waals surface area contributed by atoms with Gasteiger partial charge in [0.25, 0.3) is 0 Å². The molecule has 128 valence electrons. The molecule has 2 N–H and O–H groups in total. The van der Waals surface area contributed by atoms with Crippen LogP contribution in [0.5, 0.6) is 0 Å². The molecule has 2 aromatic rings. The zero-order chi connectivity index (χ0) is 17.0. The van der Waals surface area contributed by atoms with Gasteiger partial charge in [-0.25, -0.2) is 0 Å². The molecule has 5 heteroatoms. The predicted molar refractivity (Wildman–Crippen MR) is 104 cm³/mol. The minimum absolute atomic E-state index is 0.429. The molecule has 1 aromatic heterocycles. The second-order valence-corrected chi connectivity index (χ2v) is 6.97. The van der Waals surface area contributed by atoms with Crippen LogP contribution in [0, 0.1) is 0 Å². The number of aromatic nitrogens is 1. The largest absolute Gasteiger partial charge is 0.357 e. The molecule has 2 rings (SSSR count). The van der Waals surface area contributed by atoms with Gasteiger partial charge in [0.05, 0.1) is 6.54 Å². The van der Waals surface area contributed by atoms with Gasteiger partial charge in [-0.2, -0.15) is 0 Å². The van der Waals surface area contributed by atoms with Crippen molar-refractivity contribution >= 4 is 17.7 Å². The lowest BCUT2D eigenvalue weighted by atomic mass is 10.3. The van der Waals surface area contributed by atoms with Crippen LogP contribution in [-0.2, 0) is 6.42 Å². The monoisotopic (exact) mass is 342 g/mol. The molecule has 1 atom stereocenters. The van der Waals surface area contributed by atoms with Gasteiger partial charge in [0.1, 0.15) is 0 Å². The van der Waals surface area contributed by atoms with Gasteiger partial charge in [0, 0.05) is 41.5 Å². The van der Waals surface area contributed by atoms with Crippen LogP contribution in [0.15, 0.2) is 64.6 Å². The summed E-state index contributed by atoms with van der Waals surface area (Å²) in [5.74, 6) is 0.869. The normalized spacial score (nSPS) is 12.7. The molecule has 0 bridgehead atoms. The number of hydrogen-bond acceptors (Lipinski definition) is 3. The zero-order valence-electron chi connectivity index (χ0n) is 14.4. The maximum atomic E-state index is 4.69. The number of nitrogens with zero attached hydrogens (tertiary/aromatic N) is 2. The lowest BCUT2D eigenvalue weighted by molar-refractivity contribution is 0.785. The minimum Gasteiger partial charge on any atom is -0.357 e. The number of benzene rings is 1. The molecule has 4 nitrogen and oxygen atoms in total. The lowest BCUT2D eigenvalue weighted by Crippen LogP contribution is -2.38. The highest BCUT2D eigenvalue weighted by Crippen LogP contribution is 2.22. The fourth-order valence-corrected chi connectivity index (χ4v) is 3.11. The summed E-state index contributed by atoms with van der Waals surface area (Å²) < 4.78 is 0. The maximum Gasteiger partial charge on any atom is 0.191 e. The number of nitrogens with one attached hydrogen (secondary N) is 2. The highest BCUT2D eigenvalue weighted by atomic mass is 32.2. The molecule has 0 aliphatic rings. The van der Waals surface area contributed by atoms with Gasteiger partial charge in [-0.15, -0.1) is 11.8 Å². The molecular formula is C19H26N4S. The van der Waals surface area contributed by atoms with E-state index in [1.165, 1.54) is 4.90 Å². The Morgan fingerprint density at radius 1 is 1.12 bits per heavy atom. The maximum absolute atomic E-state index is 4.69. The summed E-state index contributed by atoms with van der Waals surface area (Å²) in [5, 5.41) is 7.10. The average molecular weight is 343 g/mol. The third-order valence-electron chi connectivity index (χ3n) is 3.33. The molecule has 0 saturated heterocycles. The SMILES string of the molecule is CCNC(=NCC(C)Sc1ccccc1)NCCc1ccccn1. The predicted octanol–water partition coefficient (Wildman–Crippen LogP) is 3.36. The van der Waals surface area contributed by atoms with Gasteiger partial charge in [-0.1, -0.05) is 31.2 Å². The van der Waals surface area contributed by atoms with Crippen LogP contribution in [0.25, 0.3) is 0 Å². The molecule has 1 heterocycles. The van der Waals surface area contributed by atoms with Crippen LogP contribution in [0.3, 0.4) is 0 Å². The first-order chi connectivity index (χ1) is 11.8. The van der Waals surface area contributed by atoms with Crippen molar-refractivity contribution in [2.75, 3.05) is 19.6 Å². The molecule has 24 heavy (non-hydrogen) atoms. The Kier molecular flexibility index (Phi) is 8.18. The van der Waals surface area contributed by atoms with E-state index in [1.807, 2.05) is 42.2 Å². The summed E-state index contributed by atoms with van der Waals surface area (Å²) in [5.41, 5.74) is 1.09. The molecule has 1 unspecified atom stereocenters. The third kappa shape index (κ3) is 7.04. The van der Waals surface area contributed by atoms with Gasteiger partial charge in [0.2, 0.25) is 0 Å². The van der Waals surface area contributed by atoms with Crippen LogP contribution >= 0.6 is 11.8 Å². The fraction of sp³-hybridized carbons (Fsp3) is 0.368. The van der Waals surface area contributed by atoms with Crippen molar-refractivity contribution in [1.29, 1.82) is 0 Å². The second kappa shape index (κ2) is 10.7. The Bertz CT molecular complexity index is 601. The summed E-state index contributed by atoms with van der Waals surface area (Å²) >= 11 is 1.85. The van der Waals surface area contributed by atoms with Gasteiger partial charge >= 0.3 is 0 Å². The first kappa shape index (κ1) is 18.3. The number of rotatable bonds is 8. The first-order valence-electron chi connectivity index (χ1n) is 8.41. The molecule has 0 fully saturated rings. The second-order valence-electron chi connectivity index (χ2n) is 5.46. The molecule has 0 aliphatic heterocycles. The summed E-state index contributed by atoms with van der Waals surface area (Å²) in [6, 6.07) is 16.5. The zero-order valence-corrected chi connectivity index (χ0v) is 15.2. The molecular weight excluding hydrogens is 316 g/mol. The molecule has 0 spiro atoms. The summed E-state index contributed by atoms with van der Waals surface area (Å²) in [6.45, 7) is 6.74. The van der Waals surface area contributed by atoms with E-state index in [0.29, 0.717) is 5.25 Å². The van der Waals surface area contributed by atoms with Crippen molar-refractivity contribution in [2.45, 2.75) is 30.4 Å². The molecule has 0 saturated carbocycles. The van der Waals surface area contributed by atoms with Crippen molar-refractivity contribution in [3.05, 3.63) is 60.4 Å². The van der Waals surface area contributed by atoms with E-state index < -0.39 is 0 Å². The third-order valence-corrected chi connectivity index (χ3v) is 4.43. The van der Waals surface area contributed by atoms with E-state index in [1.54, 1.807) is 0 Å². The average Bonchev–Trinajstić information content (AvgIpc) is 2.61. The van der Waals surface area contributed by atoms with Crippen molar-refractivity contribution in [2.24, 2.45) is 4.99 Å². The Morgan fingerprint density at radius 2 is 1.92 bits per heavy atom. The Hall–Kier alpha value is -2.01. The van der Waals surface area contributed by atoms with Gasteiger partial charge in [-0.3, -0.25) is 9.98 Å². The van der Waals surface area contributed by atoms with Gasteiger partial charge in [-0.05, 0) is 31.2 Å². The number of hydrogen-bond donors (Lipinski definition) is 2. The van der Waals surface area contributed by atoms with Crippen molar-refractivity contribution in [3.8, 4) is 0 Å². The molecule has 0 radical (unpaired) electrons. The van der Waals surface area contributed by atoms with Gasteiger partial charge < -0.3 is 10.6 Å². The van der Waals surface area contributed by atoms with E-state index in [9.17, 15) is 0 Å². The van der Waals surface area contributed by atoms with E-state index in [-0.39, 0.29) is 0 Å². The highest BCUT2D eigenvalue weighted by Gasteiger charge is 2.05. The topological polar surface area (TPSA) is 49.3 Å². The van der Waals surface area contributed by atoms with Crippen LogP contribution < -0.4 is 10.6 Å². The highest BCUT2D eigenvalue weighted by molar-refractivity contribution is 8.00. The lowest BCUT2D eigenvalue weighted by Gasteiger charge is -2.13. The van der Waals surface area contributed by atoms with E-state index >= 15 is 0 Å². The van der Waals surface area contributed by atoms with Crippen molar-refractivity contribution in [1.82, 2.24) is 15.6 Å². The van der Waals surface area contributed by atoms with E-state index in [0.717, 1.165) is 37.7 Å². The van der Waals surface area contributed by atoms with Crippen LogP contribution in [-0.4, -0.2) is 35.8 Å². The Labute approximate surface area is 149 Å². The molecule has 0 amide bonds. The summed E-state index contributed by atoms with van der Waals surface area (Å²) in [7, 11) is 0. The van der Waals surface area contributed by atoms with Gasteiger partial charge in [0.15, 0.2) is 5.96 Å². The first-order valence-corrected chi connectivity index (χ1v) is 9.29. The quantitative estimate of drug-likeness (QED) is 0.439. The number of pyridine rings is 1. The standard InChI is InChI=1S/C19H26N4S/c1-3-20-19(22-14-12-17-9-7-8-13-21-17)23-15-16(2)24-18-10-5-4-6-11-18/h4-11,13,16H,3,12,14-15H2,1-2H3,(H2,20,22,23). The van der Waals surface area contributed by atoms with Crippen LogP contribution in [0.1, 0.15) is 19.5 Å². The smallest absolute Gasteiger partial charge is 0.191 e. The minimum atomic E-state index is 0.429. The van der Waals surface area contributed by atoms with E-state index in [4.69, 9.17) is 4.99 Å².